The molecule has 100 heavy (non-hydrogen) atoms. The van der Waals surface area contributed by atoms with E-state index in [1.807, 2.05) is 0 Å². The Hall–Kier alpha value is -4.28. The molecule has 0 aliphatic heterocycles. The maximum absolute atomic E-state index is 13.1. The molecular weight excluding hydrogens is 1310 g/mol. The van der Waals surface area contributed by atoms with E-state index in [2.05, 4.69) is 137 Å². The summed E-state index contributed by atoms with van der Waals surface area (Å²) >= 11 is 0. The van der Waals surface area contributed by atoms with Crippen molar-refractivity contribution in [2.45, 2.75) is 341 Å². The van der Waals surface area contributed by atoms with E-state index in [4.69, 9.17) is 37.0 Å². The van der Waals surface area contributed by atoms with E-state index in [9.17, 15) is 43.2 Å². The summed E-state index contributed by atoms with van der Waals surface area (Å²) < 4.78 is 68.5. The van der Waals surface area contributed by atoms with Crippen molar-refractivity contribution in [3.05, 3.63) is 109 Å². The van der Waals surface area contributed by atoms with Crippen LogP contribution in [0.5, 0.6) is 0 Å². The van der Waals surface area contributed by atoms with Gasteiger partial charge in [-0.05, 0) is 148 Å². The minimum Gasteiger partial charge on any atom is -0.462 e. The summed E-state index contributed by atoms with van der Waals surface area (Å²) in [5.74, 6) is -2.24. The van der Waals surface area contributed by atoms with Crippen molar-refractivity contribution >= 4 is 39.5 Å². The van der Waals surface area contributed by atoms with Crippen LogP contribution in [-0.2, 0) is 65.4 Å². The zero-order valence-corrected chi connectivity index (χ0v) is 64.6. The number of rotatable bonds is 73. The van der Waals surface area contributed by atoms with Crippen LogP contribution in [0, 0.1) is 0 Å². The number of esters is 4. The lowest BCUT2D eigenvalue weighted by Gasteiger charge is -2.21. The molecular formula is C81H140O17P2. The van der Waals surface area contributed by atoms with Crippen LogP contribution in [0.4, 0.5) is 0 Å². The maximum atomic E-state index is 13.1. The molecule has 3 N–H and O–H groups in total. The number of phosphoric ester groups is 2. The molecule has 0 aromatic rings. The molecule has 0 aliphatic carbocycles. The molecule has 0 heterocycles. The summed E-state index contributed by atoms with van der Waals surface area (Å²) in [6, 6.07) is 0. The van der Waals surface area contributed by atoms with Crippen molar-refractivity contribution in [1.29, 1.82) is 0 Å². The van der Waals surface area contributed by atoms with Gasteiger partial charge in [-0.3, -0.25) is 37.3 Å². The summed E-state index contributed by atoms with van der Waals surface area (Å²) in [5, 5.41) is 10.6. The highest BCUT2D eigenvalue weighted by atomic mass is 31.2. The summed E-state index contributed by atoms with van der Waals surface area (Å²) in [5.41, 5.74) is 0. The van der Waals surface area contributed by atoms with Crippen molar-refractivity contribution in [1.82, 2.24) is 0 Å². The van der Waals surface area contributed by atoms with Crippen molar-refractivity contribution < 1.29 is 80.2 Å². The fourth-order valence-corrected chi connectivity index (χ4v) is 11.9. The zero-order valence-electron chi connectivity index (χ0n) is 62.8. The van der Waals surface area contributed by atoms with Gasteiger partial charge in [-0.15, -0.1) is 0 Å². The second kappa shape index (κ2) is 73.0. The average Bonchev–Trinajstić information content (AvgIpc) is 0.937. The van der Waals surface area contributed by atoms with E-state index in [-0.39, 0.29) is 25.7 Å². The molecule has 17 nitrogen and oxygen atoms in total. The van der Waals surface area contributed by atoms with Gasteiger partial charge in [-0.1, -0.05) is 259 Å². The third-order valence-corrected chi connectivity index (χ3v) is 18.1. The van der Waals surface area contributed by atoms with E-state index < -0.39 is 97.5 Å². The minimum atomic E-state index is -4.99. The van der Waals surface area contributed by atoms with E-state index in [0.717, 1.165) is 180 Å². The monoisotopic (exact) mass is 1450 g/mol. The number of aliphatic hydroxyl groups excluding tert-OH is 1. The van der Waals surface area contributed by atoms with E-state index in [0.29, 0.717) is 25.7 Å². The molecule has 5 unspecified atom stereocenters. The number of carbonyl (C=O) groups excluding carboxylic acids is 4. The van der Waals surface area contributed by atoms with E-state index in [1.54, 1.807) is 0 Å². The molecule has 576 valence electrons. The number of unbranched alkanes of at least 4 members (excludes halogenated alkanes) is 29. The smallest absolute Gasteiger partial charge is 0.462 e. The lowest BCUT2D eigenvalue weighted by Crippen LogP contribution is -2.30. The summed E-state index contributed by atoms with van der Waals surface area (Å²) in [6.07, 6.45) is 77.9. The SMILES string of the molecule is CC/C=C\C/C=C\C/C=C\C/C=C\CCCCC(=O)OCC(COP(=O)(O)OCC(O)COP(=O)(O)OCC(COC(=O)CCCCCCCCC/C=C\C/C=C\C/C=C\CC)OC(=O)CCCCCCC/C=C\CCCCCCCC)OC(=O)CCCCCCC/C=C\CCCCCC. The summed E-state index contributed by atoms with van der Waals surface area (Å²) in [6.45, 7) is 4.57. The summed E-state index contributed by atoms with van der Waals surface area (Å²) in [4.78, 5) is 72.9. The first kappa shape index (κ1) is 95.7. The lowest BCUT2D eigenvalue weighted by molar-refractivity contribution is -0.161. The number of allylic oxidation sites excluding steroid dienone is 18. The first-order valence-electron chi connectivity index (χ1n) is 39.1. The molecule has 0 saturated heterocycles. The molecule has 5 atom stereocenters. The van der Waals surface area contributed by atoms with Gasteiger partial charge in [0.15, 0.2) is 12.2 Å². The third-order valence-electron chi connectivity index (χ3n) is 16.2. The second-order valence-corrected chi connectivity index (χ2v) is 28.8. The maximum Gasteiger partial charge on any atom is 0.472 e. The lowest BCUT2D eigenvalue weighted by atomic mass is 10.1. The van der Waals surface area contributed by atoms with Gasteiger partial charge in [0.2, 0.25) is 0 Å². The Bertz CT molecular complexity index is 2320. The molecule has 19 heteroatoms. The highest BCUT2D eigenvalue weighted by Gasteiger charge is 2.30. The Kier molecular flexibility index (Phi) is 69.9. The average molecular weight is 1450 g/mol. The number of hydrogen-bond donors (Lipinski definition) is 3. The van der Waals surface area contributed by atoms with Gasteiger partial charge in [0.1, 0.15) is 19.3 Å². The quantitative estimate of drug-likeness (QED) is 0.0169. The van der Waals surface area contributed by atoms with Crippen LogP contribution in [0.2, 0.25) is 0 Å². The van der Waals surface area contributed by atoms with Crippen LogP contribution in [0.1, 0.15) is 323 Å². The first-order valence-corrected chi connectivity index (χ1v) is 42.1. The standard InChI is InChI=1S/C81H140O17P2/c1-5-9-13-17-21-25-29-33-36-37-40-43-46-50-54-58-62-66-79(84)92-72-77(98-81(86)68-64-60-56-52-48-44-39-35-31-27-23-19-15-11-7-3)74-96-100(89,90)94-70-75(82)69-93-99(87,88)95-73-76(97-80(85)67-63-59-55-51-47-41-32-28-24-20-16-12-8-4)71-91-78(83)65-61-57-53-49-45-42-38-34-30-26-22-18-14-10-6-2/h9-10,13-14,21-22,25-26,28,32-36,38-39,45,49,75-77,82H,5-8,11-12,15-20,23-24,27,29-31,37,40-44,46-48,50-74H2,1-4H3,(H,87,88)(H,89,90)/b13-9-,14-10-,25-21-,26-22-,32-28-,36-33-,38-34-,39-35-,49-45-. The zero-order chi connectivity index (χ0) is 73.2. The van der Waals surface area contributed by atoms with Gasteiger partial charge in [0.05, 0.1) is 26.4 Å². The molecule has 0 bridgehead atoms. The minimum absolute atomic E-state index is 0.0749. The molecule has 0 fully saturated rings. The molecule has 0 saturated carbocycles. The topological polar surface area (TPSA) is 237 Å². The van der Waals surface area contributed by atoms with E-state index in [1.165, 1.54) is 64.2 Å². The molecule has 0 rings (SSSR count). The molecule has 0 aromatic heterocycles. The highest BCUT2D eigenvalue weighted by Crippen LogP contribution is 2.45. The Balaban J connectivity index is 5.39. The largest absolute Gasteiger partial charge is 0.472 e. The Labute approximate surface area is 607 Å². The number of aliphatic hydroxyl groups is 1. The Morgan fingerprint density at radius 3 is 0.840 bits per heavy atom. The van der Waals surface area contributed by atoms with Crippen molar-refractivity contribution in [3.63, 3.8) is 0 Å². The molecule has 0 aromatic carbocycles. The molecule has 0 radical (unpaired) electrons. The molecule has 0 aliphatic rings. The predicted octanol–water partition coefficient (Wildman–Crippen LogP) is 22.6. The Morgan fingerprint density at radius 1 is 0.290 bits per heavy atom. The third kappa shape index (κ3) is 72.1. The van der Waals surface area contributed by atoms with Gasteiger partial charge in [-0.2, -0.15) is 0 Å². The Morgan fingerprint density at radius 2 is 0.520 bits per heavy atom. The van der Waals surface area contributed by atoms with Gasteiger partial charge in [-0.25, -0.2) is 9.13 Å². The molecule has 0 spiro atoms. The number of carbonyl (C=O) groups is 4. The van der Waals surface area contributed by atoms with Crippen LogP contribution < -0.4 is 0 Å². The van der Waals surface area contributed by atoms with Crippen molar-refractivity contribution in [3.8, 4) is 0 Å². The number of phosphoric acid groups is 2. The van der Waals surface area contributed by atoms with Crippen molar-refractivity contribution in [2.75, 3.05) is 39.6 Å². The predicted molar refractivity (Wildman–Crippen MR) is 408 cm³/mol. The number of hydrogen-bond acceptors (Lipinski definition) is 15. The van der Waals surface area contributed by atoms with Gasteiger partial charge < -0.3 is 33.8 Å². The summed E-state index contributed by atoms with van der Waals surface area (Å²) in [7, 11) is -9.97. The van der Waals surface area contributed by atoms with Gasteiger partial charge in [0, 0.05) is 25.7 Å². The fourth-order valence-electron chi connectivity index (χ4n) is 10.3. The second-order valence-electron chi connectivity index (χ2n) is 25.9. The van der Waals surface area contributed by atoms with E-state index >= 15 is 0 Å². The highest BCUT2D eigenvalue weighted by molar-refractivity contribution is 7.47. The van der Waals surface area contributed by atoms with Crippen LogP contribution in [0.15, 0.2) is 109 Å². The van der Waals surface area contributed by atoms with Crippen LogP contribution >= 0.6 is 15.6 Å². The van der Waals surface area contributed by atoms with Gasteiger partial charge >= 0.3 is 39.5 Å². The van der Waals surface area contributed by atoms with Crippen LogP contribution in [0.3, 0.4) is 0 Å². The first-order chi connectivity index (χ1) is 48.7. The molecule has 0 amide bonds. The number of ether oxygens (including phenoxy) is 4. The van der Waals surface area contributed by atoms with Crippen molar-refractivity contribution in [2.24, 2.45) is 0 Å². The fraction of sp³-hybridized carbons (Fsp3) is 0.728. The van der Waals surface area contributed by atoms with Gasteiger partial charge in [0.25, 0.3) is 0 Å². The normalized spacial score (nSPS) is 14.5. The van der Waals surface area contributed by atoms with Crippen LogP contribution in [-0.4, -0.2) is 96.7 Å². The van der Waals surface area contributed by atoms with Crippen LogP contribution in [0.25, 0.3) is 0 Å².